The highest BCUT2D eigenvalue weighted by Crippen LogP contribution is 2.40. The van der Waals surface area contributed by atoms with Crippen molar-refractivity contribution < 1.29 is 34.2 Å². The molecule has 10 nitrogen and oxygen atoms in total. The number of nitrogens with zero attached hydrogens (tertiary/aromatic N) is 1. The van der Waals surface area contributed by atoms with E-state index < -0.39 is 41.2 Å². The van der Waals surface area contributed by atoms with Crippen molar-refractivity contribution in [2.45, 2.75) is 30.3 Å². The minimum atomic E-state index is -1.35. The summed E-state index contributed by atoms with van der Waals surface area (Å²) < 4.78 is 0. The van der Waals surface area contributed by atoms with E-state index in [2.05, 4.69) is 10.6 Å². The molecule has 138 valence electrons. The average molecular weight is 381 g/mol. The maximum Gasteiger partial charge on any atom is 0.352 e. The van der Waals surface area contributed by atoms with Gasteiger partial charge in [-0.05, 0) is 18.1 Å². The molecule has 3 atom stereocenters. The molecule has 0 bridgehead atoms. The third-order valence-electron chi connectivity index (χ3n) is 4.24. The Kier molecular flexibility index (Phi) is 4.72. The predicted molar refractivity (Wildman–Crippen MR) is 87.6 cm³/mol. The van der Waals surface area contributed by atoms with E-state index in [1.165, 1.54) is 11.8 Å². The van der Waals surface area contributed by atoms with E-state index >= 15 is 0 Å². The van der Waals surface area contributed by atoms with Gasteiger partial charge in [-0.15, -0.1) is 11.8 Å². The van der Waals surface area contributed by atoms with Gasteiger partial charge in [0.05, 0.1) is 0 Å². The van der Waals surface area contributed by atoms with Crippen molar-refractivity contribution in [1.29, 1.82) is 0 Å². The van der Waals surface area contributed by atoms with E-state index in [-0.39, 0.29) is 29.4 Å². The summed E-state index contributed by atoms with van der Waals surface area (Å²) in [6.07, 6.45) is 2.55. The van der Waals surface area contributed by atoms with Crippen molar-refractivity contribution in [3.63, 3.8) is 0 Å². The molecule has 0 spiro atoms. The second kappa shape index (κ2) is 6.83. The number of thioether (sulfide) groups is 1. The first-order chi connectivity index (χ1) is 12.3. The lowest BCUT2D eigenvalue weighted by molar-refractivity contribution is -0.150. The van der Waals surface area contributed by atoms with Crippen LogP contribution in [0.1, 0.15) is 12.8 Å². The highest BCUT2D eigenvalue weighted by Gasteiger charge is 2.54. The maximum absolute atomic E-state index is 12.4. The fourth-order valence-corrected chi connectivity index (χ4v) is 4.33. The van der Waals surface area contributed by atoms with Gasteiger partial charge in [-0.1, -0.05) is 0 Å². The minimum absolute atomic E-state index is 0.187. The smallest absolute Gasteiger partial charge is 0.352 e. The van der Waals surface area contributed by atoms with E-state index in [4.69, 9.17) is 5.11 Å². The van der Waals surface area contributed by atoms with Crippen LogP contribution in [0.5, 0.6) is 0 Å². The molecule has 0 aromatic heterocycles. The SMILES string of the molecule is O=C(O)C=CC1=C(C(=O)O)N2C(=O)C(NC(=O)C3CCC(=O)N3)[C@@H]2SC1. The van der Waals surface area contributed by atoms with Gasteiger partial charge in [0.1, 0.15) is 23.2 Å². The van der Waals surface area contributed by atoms with Gasteiger partial charge in [0.15, 0.2) is 0 Å². The van der Waals surface area contributed by atoms with E-state index in [1.54, 1.807) is 0 Å². The first-order valence-electron chi connectivity index (χ1n) is 7.71. The Bertz CT molecular complexity index is 775. The van der Waals surface area contributed by atoms with E-state index in [1.807, 2.05) is 0 Å². The highest BCUT2D eigenvalue weighted by atomic mass is 32.2. The zero-order valence-corrected chi connectivity index (χ0v) is 14.1. The fraction of sp³-hybridized carbons (Fsp3) is 0.400. The number of β-lactam (4-membered cyclic amide) rings is 1. The molecule has 2 fully saturated rings. The van der Waals surface area contributed by atoms with Crippen molar-refractivity contribution >= 4 is 41.4 Å². The lowest BCUT2D eigenvalue weighted by Crippen LogP contribution is -2.71. The maximum atomic E-state index is 12.4. The number of carboxylic acids is 2. The van der Waals surface area contributed by atoms with Crippen LogP contribution in [0.3, 0.4) is 0 Å². The Morgan fingerprint density at radius 3 is 2.58 bits per heavy atom. The molecule has 26 heavy (non-hydrogen) atoms. The summed E-state index contributed by atoms with van der Waals surface area (Å²) in [4.78, 5) is 59.0. The number of hydrogen-bond acceptors (Lipinski definition) is 6. The molecular formula is C15H15N3O7S. The predicted octanol–water partition coefficient (Wildman–Crippen LogP) is -1.36. The molecule has 4 N–H and O–H groups in total. The van der Waals surface area contributed by atoms with Crippen molar-refractivity contribution in [2.24, 2.45) is 0 Å². The number of fused-ring (bicyclic) bond motifs is 1. The minimum Gasteiger partial charge on any atom is -0.478 e. The fourth-order valence-electron chi connectivity index (χ4n) is 3.01. The number of hydrogen-bond donors (Lipinski definition) is 4. The molecule has 0 radical (unpaired) electrons. The van der Waals surface area contributed by atoms with E-state index in [0.717, 1.165) is 17.1 Å². The summed E-state index contributed by atoms with van der Waals surface area (Å²) in [6, 6.07) is -1.58. The van der Waals surface area contributed by atoms with Crippen LogP contribution < -0.4 is 10.6 Å². The number of aliphatic carboxylic acids is 2. The average Bonchev–Trinajstić information content (AvgIpc) is 3.02. The van der Waals surface area contributed by atoms with Gasteiger partial charge in [0, 0.05) is 18.2 Å². The normalized spacial score (nSPS) is 27.8. The molecule has 11 heteroatoms. The molecule has 3 aliphatic heterocycles. The second-order valence-electron chi connectivity index (χ2n) is 5.91. The molecule has 3 aliphatic rings. The van der Waals surface area contributed by atoms with E-state index in [9.17, 15) is 29.1 Å². The van der Waals surface area contributed by atoms with Crippen molar-refractivity contribution in [3.05, 3.63) is 23.4 Å². The van der Waals surface area contributed by atoms with Gasteiger partial charge >= 0.3 is 11.9 Å². The van der Waals surface area contributed by atoms with Gasteiger partial charge in [0.2, 0.25) is 11.8 Å². The summed E-state index contributed by atoms with van der Waals surface area (Å²) in [6.45, 7) is 0. The van der Waals surface area contributed by atoms with Gasteiger partial charge in [-0.25, -0.2) is 9.59 Å². The van der Waals surface area contributed by atoms with Gasteiger partial charge < -0.3 is 20.8 Å². The number of rotatable bonds is 5. The zero-order chi connectivity index (χ0) is 19.0. The van der Waals surface area contributed by atoms with Crippen LogP contribution in [0.15, 0.2) is 23.4 Å². The van der Waals surface area contributed by atoms with Crippen LogP contribution in [0.2, 0.25) is 0 Å². The third-order valence-corrected chi connectivity index (χ3v) is 5.54. The molecule has 3 heterocycles. The Labute approximate surface area is 151 Å². The molecule has 0 aliphatic carbocycles. The zero-order valence-electron chi connectivity index (χ0n) is 13.3. The van der Waals surface area contributed by atoms with Crippen LogP contribution in [-0.4, -0.2) is 68.0 Å². The molecular weight excluding hydrogens is 366 g/mol. The third kappa shape index (κ3) is 3.17. The molecule has 2 saturated heterocycles. The second-order valence-corrected chi connectivity index (χ2v) is 7.01. The summed E-state index contributed by atoms with van der Waals surface area (Å²) in [5, 5.41) is 22.6. The Balaban J connectivity index is 1.75. The number of carbonyl (C=O) groups excluding carboxylic acids is 3. The molecule has 0 saturated carbocycles. The largest absolute Gasteiger partial charge is 0.478 e. The van der Waals surface area contributed by atoms with E-state index in [0.29, 0.717) is 6.42 Å². The van der Waals surface area contributed by atoms with Crippen LogP contribution in [0.25, 0.3) is 0 Å². The van der Waals surface area contributed by atoms with Crippen LogP contribution in [0, 0.1) is 0 Å². The Morgan fingerprint density at radius 2 is 2.00 bits per heavy atom. The highest BCUT2D eigenvalue weighted by molar-refractivity contribution is 8.00. The first-order valence-corrected chi connectivity index (χ1v) is 8.76. The summed E-state index contributed by atoms with van der Waals surface area (Å²) in [5.41, 5.74) is -0.0711. The number of nitrogens with one attached hydrogen (secondary N) is 2. The van der Waals surface area contributed by atoms with Gasteiger partial charge in [-0.2, -0.15) is 0 Å². The number of allylic oxidation sites excluding steroid dienone is 1. The monoisotopic (exact) mass is 381 g/mol. The van der Waals surface area contributed by atoms with Crippen molar-refractivity contribution in [2.75, 3.05) is 5.75 Å². The first kappa shape index (κ1) is 18.0. The van der Waals surface area contributed by atoms with Crippen molar-refractivity contribution in [3.8, 4) is 0 Å². The summed E-state index contributed by atoms with van der Waals surface area (Å²) in [5.74, 6) is -3.68. The summed E-state index contributed by atoms with van der Waals surface area (Å²) >= 11 is 1.23. The lowest BCUT2D eigenvalue weighted by Gasteiger charge is -2.49. The number of carbonyl (C=O) groups is 5. The number of carboxylic acid groups (broad SMARTS) is 2. The quantitative estimate of drug-likeness (QED) is 0.337. The van der Waals surface area contributed by atoms with Crippen LogP contribution in [0.4, 0.5) is 0 Å². The lowest BCUT2D eigenvalue weighted by atomic mass is 10.0. The summed E-state index contributed by atoms with van der Waals surface area (Å²) in [7, 11) is 0. The van der Waals surface area contributed by atoms with Gasteiger partial charge in [-0.3, -0.25) is 19.3 Å². The van der Waals surface area contributed by atoms with Gasteiger partial charge in [0.25, 0.3) is 5.91 Å². The van der Waals surface area contributed by atoms with Crippen LogP contribution >= 0.6 is 11.8 Å². The Morgan fingerprint density at radius 1 is 1.27 bits per heavy atom. The molecule has 0 aromatic carbocycles. The Hall–Kier alpha value is -2.82. The molecule has 0 aromatic rings. The van der Waals surface area contributed by atoms with Crippen molar-refractivity contribution in [1.82, 2.24) is 15.5 Å². The standard InChI is InChI=1S/C15H15N3O7S/c19-8-3-2-7(16-8)12(22)17-10-13(23)18-11(15(24)25)6(1-4-9(20)21)5-26-14(10)18/h1,4,7,10,14H,2-3,5H2,(H,16,19)(H,17,22)(H,20,21)(H,24,25)/t7?,10?,14-/m0/s1. The molecule has 3 rings (SSSR count). The number of amides is 3. The topological polar surface area (TPSA) is 153 Å². The van der Waals surface area contributed by atoms with Crippen LogP contribution in [-0.2, 0) is 24.0 Å². The molecule has 3 amide bonds. The molecule has 2 unspecified atom stereocenters.